The van der Waals surface area contributed by atoms with Crippen molar-refractivity contribution < 1.29 is 19.2 Å². The zero-order valence-electron chi connectivity index (χ0n) is 17.4. The van der Waals surface area contributed by atoms with Gasteiger partial charge in [-0.25, -0.2) is 9.59 Å². The molecule has 166 valence electrons. The van der Waals surface area contributed by atoms with Crippen molar-refractivity contribution >= 4 is 41.2 Å². The monoisotopic (exact) mass is 447 g/mol. The third-order valence-corrected chi connectivity index (χ3v) is 6.91. The molecule has 3 aliphatic rings. The molecule has 1 spiro atoms. The molecule has 4 rings (SSSR count). The third kappa shape index (κ3) is 4.32. The number of rotatable bonds is 2. The number of halogens is 1. The van der Waals surface area contributed by atoms with Crippen LogP contribution in [0, 0.1) is 12.8 Å². The smallest absolute Gasteiger partial charge is 0.322 e. The summed E-state index contributed by atoms with van der Waals surface area (Å²) in [6.45, 7) is 3.74. The highest BCUT2D eigenvalue weighted by atomic mass is 35.5. The number of anilines is 1. The van der Waals surface area contributed by atoms with Gasteiger partial charge in [0.25, 0.3) is 5.91 Å². The number of carbonyl (C=O) groups excluding carboxylic acids is 4. The zero-order chi connectivity index (χ0) is 22.2. The number of aryl methyl sites for hydroxylation is 1. The number of carbonyl (C=O) groups is 4. The number of piperazine rings is 1. The Morgan fingerprint density at radius 3 is 2.32 bits per heavy atom. The maximum absolute atomic E-state index is 12.9. The summed E-state index contributed by atoms with van der Waals surface area (Å²) in [5.41, 5.74) is 0.721. The largest absolute Gasteiger partial charge is 0.339 e. The van der Waals surface area contributed by atoms with Crippen LogP contribution in [-0.4, -0.2) is 65.4 Å². The summed E-state index contributed by atoms with van der Waals surface area (Å²) in [7, 11) is 0. The molecule has 2 aliphatic heterocycles. The zero-order valence-corrected chi connectivity index (χ0v) is 18.1. The number of amides is 6. The van der Waals surface area contributed by atoms with Crippen molar-refractivity contribution in [3.8, 4) is 0 Å². The first-order valence-corrected chi connectivity index (χ1v) is 10.9. The molecule has 2 heterocycles. The average Bonchev–Trinajstić information content (AvgIpc) is 3.03. The highest BCUT2D eigenvalue weighted by Gasteiger charge is 2.49. The number of hydrogen-bond acceptors (Lipinski definition) is 4. The molecule has 31 heavy (non-hydrogen) atoms. The maximum Gasteiger partial charge on any atom is 0.322 e. The van der Waals surface area contributed by atoms with Crippen molar-refractivity contribution in [1.82, 2.24) is 20.4 Å². The van der Waals surface area contributed by atoms with Gasteiger partial charge in [0.1, 0.15) is 5.54 Å². The minimum atomic E-state index is -0.858. The molecular formula is C21H26ClN5O4. The Morgan fingerprint density at radius 1 is 1.10 bits per heavy atom. The van der Waals surface area contributed by atoms with Crippen LogP contribution in [-0.2, 0) is 9.59 Å². The van der Waals surface area contributed by atoms with E-state index in [1.165, 1.54) is 0 Å². The minimum absolute atomic E-state index is 0.0601. The Hall–Kier alpha value is -2.81. The van der Waals surface area contributed by atoms with E-state index in [9.17, 15) is 19.2 Å². The quantitative estimate of drug-likeness (QED) is 0.603. The fourth-order valence-corrected chi connectivity index (χ4v) is 4.68. The lowest BCUT2D eigenvalue weighted by Gasteiger charge is -2.39. The number of hydrogen-bond donors (Lipinski definition) is 3. The van der Waals surface area contributed by atoms with E-state index >= 15 is 0 Å². The minimum Gasteiger partial charge on any atom is -0.339 e. The predicted octanol–water partition coefficient (Wildman–Crippen LogP) is 2.09. The van der Waals surface area contributed by atoms with Crippen LogP contribution in [0.25, 0.3) is 0 Å². The molecule has 1 aromatic rings. The summed E-state index contributed by atoms with van der Waals surface area (Å²) in [6, 6.07) is 4.70. The average molecular weight is 448 g/mol. The van der Waals surface area contributed by atoms with Crippen LogP contribution in [0.15, 0.2) is 18.2 Å². The van der Waals surface area contributed by atoms with Crippen LogP contribution < -0.4 is 16.0 Å². The molecule has 0 unspecified atom stereocenters. The molecule has 0 bridgehead atoms. The maximum atomic E-state index is 12.9. The van der Waals surface area contributed by atoms with Crippen LogP contribution in [0.1, 0.15) is 31.2 Å². The van der Waals surface area contributed by atoms with Gasteiger partial charge in [-0.15, -0.1) is 0 Å². The van der Waals surface area contributed by atoms with Crippen molar-refractivity contribution in [2.45, 2.75) is 38.1 Å². The third-order valence-electron chi connectivity index (χ3n) is 6.50. The Labute approximate surface area is 185 Å². The van der Waals surface area contributed by atoms with Gasteiger partial charge in [0.15, 0.2) is 0 Å². The molecular weight excluding hydrogens is 422 g/mol. The Balaban J connectivity index is 1.26. The first kappa shape index (κ1) is 21.4. The highest BCUT2D eigenvalue weighted by molar-refractivity contribution is 6.31. The summed E-state index contributed by atoms with van der Waals surface area (Å²) in [5, 5.41) is 8.45. The predicted molar refractivity (Wildman–Crippen MR) is 115 cm³/mol. The molecule has 1 aliphatic carbocycles. The Morgan fingerprint density at radius 2 is 1.74 bits per heavy atom. The first-order chi connectivity index (χ1) is 14.8. The van der Waals surface area contributed by atoms with Crippen molar-refractivity contribution in [3.05, 3.63) is 28.8 Å². The molecule has 0 atom stereocenters. The van der Waals surface area contributed by atoms with E-state index in [1.54, 1.807) is 15.9 Å². The van der Waals surface area contributed by atoms with E-state index in [2.05, 4.69) is 16.0 Å². The van der Waals surface area contributed by atoms with Crippen LogP contribution in [0.4, 0.5) is 15.3 Å². The SMILES string of the molecule is Cc1ccc(NC(=O)N2CCN(C(=O)C3CCC4(CC3)NC(=O)NC4=O)CC2)cc1Cl. The number of imide groups is 1. The number of benzene rings is 1. The fourth-order valence-electron chi connectivity index (χ4n) is 4.50. The molecule has 3 fully saturated rings. The second kappa shape index (κ2) is 8.37. The highest BCUT2D eigenvalue weighted by Crippen LogP contribution is 2.35. The normalized spacial score (nSPS) is 25.9. The number of urea groups is 2. The molecule has 1 aromatic carbocycles. The lowest BCUT2D eigenvalue weighted by molar-refractivity contribution is -0.139. The van der Waals surface area contributed by atoms with Crippen LogP contribution in [0.2, 0.25) is 5.02 Å². The molecule has 1 saturated carbocycles. The van der Waals surface area contributed by atoms with Gasteiger partial charge >= 0.3 is 12.1 Å². The van der Waals surface area contributed by atoms with Gasteiger partial charge in [0, 0.05) is 42.8 Å². The van der Waals surface area contributed by atoms with Crippen molar-refractivity contribution in [1.29, 1.82) is 0 Å². The molecule has 0 radical (unpaired) electrons. The molecule has 3 N–H and O–H groups in total. The van der Waals surface area contributed by atoms with E-state index in [-0.39, 0.29) is 23.8 Å². The van der Waals surface area contributed by atoms with Gasteiger partial charge in [-0.3, -0.25) is 14.9 Å². The molecule has 0 aromatic heterocycles. The molecule has 2 saturated heterocycles. The van der Waals surface area contributed by atoms with Crippen LogP contribution in [0.5, 0.6) is 0 Å². The lowest BCUT2D eigenvalue weighted by Crippen LogP contribution is -2.55. The second-order valence-electron chi connectivity index (χ2n) is 8.47. The summed E-state index contributed by atoms with van der Waals surface area (Å²) in [5.74, 6) is -0.395. The molecule has 9 nitrogen and oxygen atoms in total. The number of nitrogens with one attached hydrogen (secondary N) is 3. The Kier molecular flexibility index (Phi) is 5.79. The topological polar surface area (TPSA) is 111 Å². The first-order valence-electron chi connectivity index (χ1n) is 10.5. The van der Waals surface area contributed by atoms with Gasteiger partial charge in [-0.2, -0.15) is 0 Å². The van der Waals surface area contributed by atoms with Crippen molar-refractivity contribution in [2.75, 3.05) is 31.5 Å². The summed E-state index contributed by atoms with van der Waals surface area (Å²) in [6.07, 6.45) is 2.04. The van der Waals surface area contributed by atoms with E-state index in [4.69, 9.17) is 11.6 Å². The van der Waals surface area contributed by atoms with Crippen molar-refractivity contribution in [3.63, 3.8) is 0 Å². The number of nitrogens with zero attached hydrogens (tertiary/aromatic N) is 2. The summed E-state index contributed by atoms with van der Waals surface area (Å²) < 4.78 is 0. The van der Waals surface area contributed by atoms with Gasteiger partial charge in [-0.05, 0) is 50.3 Å². The van der Waals surface area contributed by atoms with Gasteiger partial charge in [0.05, 0.1) is 0 Å². The van der Waals surface area contributed by atoms with Gasteiger partial charge in [0.2, 0.25) is 5.91 Å². The summed E-state index contributed by atoms with van der Waals surface area (Å²) >= 11 is 6.11. The van der Waals surface area contributed by atoms with Crippen molar-refractivity contribution in [2.24, 2.45) is 5.92 Å². The van der Waals surface area contributed by atoms with E-state index in [1.807, 2.05) is 19.1 Å². The Bertz CT molecular complexity index is 920. The van der Waals surface area contributed by atoms with Crippen LogP contribution >= 0.6 is 11.6 Å². The van der Waals surface area contributed by atoms with Gasteiger partial charge < -0.3 is 20.4 Å². The van der Waals surface area contributed by atoms with E-state index in [0.29, 0.717) is 62.6 Å². The van der Waals surface area contributed by atoms with E-state index < -0.39 is 11.6 Å². The fraction of sp³-hybridized carbons (Fsp3) is 0.524. The lowest BCUT2D eigenvalue weighted by atomic mass is 9.76. The van der Waals surface area contributed by atoms with Crippen LogP contribution in [0.3, 0.4) is 0 Å². The standard InChI is InChI=1S/C21H26ClN5O4/c1-13-2-3-15(12-16(13)22)23-20(31)27-10-8-26(9-11-27)17(28)14-4-6-21(7-5-14)18(29)24-19(30)25-21/h2-3,12,14H,4-11H2,1H3,(H,23,31)(H2,24,25,29,30). The van der Waals surface area contributed by atoms with Gasteiger partial charge in [-0.1, -0.05) is 17.7 Å². The van der Waals surface area contributed by atoms with E-state index in [0.717, 1.165) is 5.56 Å². The molecule has 6 amide bonds. The second-order valence-corrected chi connectivity index (χ2v) is 8.88. The molecule has 10 heteroatoms. The summed E-state index contributed by atoms with van der Waals surface area (Å²) in [4.78, 5) is 52.5.